The molecule has 119 heavy (non-hydrogen) atoms. The maximum atomic E-state index is 7.68. The molecule has 0 atom stereocenters. The lowest BCUT2D eigenvalue weighted by atomic mass is 9.96. The fraction of sp³-hybridized carbons (Fsp3) is 0.312. The molecular formula is C112H140N7+7. The minimum Gasteiger partial charge on any atom is -0.199 e. The van der Waals surface area contributed by atoms with Crippen molar-refractivity contribution >= 4 is 0 Å². The Morgan fingerprint density at radius 1 is 0.176 bits per heavy atom. The Kier molecular flexibility index (Phi) is 28.8. The van der Waals surface area contributed by atoms with Crippen molar-refractivity contribution in [2.75, 3.05) is 0 Å². The van der Waals surface area contributed by atoms with Crippen LogP contribution < -0.4 is 32.0 Å². The molecule has 7 nitrogen and oxygen atoms in total. The van der Waals surface area contributed by atoms with Crippen molar-refractivity contribution in [1.29, 1.82) is 0 Å². The molecule has 0 aliphatic heterocycles. The van der Waals surface area contributed by atoms with Gasteiger partial charge in [-0.25, -0.2) is 0 Å². The molecule has 7 aromatic carbocycles. The Morgan fingerprint density at radius 3 is 0.798 bits per heavy atom. The molecule has 0 aliphatic carbocycles. The van der Waals surface area contributed by atoms with Crippen LogP contribution in [-0.2, 0) is 49.3 Å². The van der Waals surface area contributed by atoms with E-state index in [0.717, 1.165) is 33.6 Å². The van der Waals surface area contributed by atoms with Crippen LogP contribution in [0.4, 0.5) is 0 Å². The molecule has 0 saturated heterocycles. The van der Waals surface area contributed by atoms with Crippen LogP contribution in [0.3, 0.4) is 0 Å². The maximum Gasteiger partial charge on any atom is 0.215 e. The SMILES string of the molecule is Cc1cc(C)[n+](C)c(-c2cccc(C)c2C)c1.Cc1ccc(C)c(-c2c(C)ccc(C)[n+]2C)c1.Cc1ccc(C)c(-c2c(C)ccc(C)[n+]2C)c1.Cc1cccc(C)c1-c1c(C)ccc(C)[n+]1C.Cc1cccc(C)c1-c1c(C)ccc(C)[n+]1C.[2H]C([2H])([2H])c1cc(C)cc(-c2cccc(C)c2C)[n+]1C.[2H]C([2H])([2H])c1ccc(-c2c(C)ccc(C)[n+]2C)c(C)c1. The van der Waals surface area contributed by atoms with E-state index in [1.54, 1.807) is 22.8 Å². The molecule has 616 valence electrons. The van der Waals surface area contributed by atoms with Crippen LogP contribution in [-0.4, -0.2) is 0 Å². The molecule has 14 rings (SSSR count). The molecule has 0 N–H and O–H groups in total. The average Bonchev–Trinajstić information content (AvgIpc) is 0.777. The first-order valence-corrected chi connectivity index (χ1v) is 41.8. The Bertz CT molecular complexity index is 6040. The predicted molar refractivity (Wildman–Crippen MR) is 504 cm³/mol. The van der Waals surface area contributed by atoms with Crippen LogP contribution in [0.1, 0.15) is 165 Å². The quantitative estimate of drug-likeness (QED) is 0.142. The molecule has 7 heterocycles. The van der Waals surface area contributed by atoms with E-state index < -0.39 is 13.7 Å². The summed E-state index contributed by atoms with van der Waals surface area (Å²) in [6, 6.07) is 74.2. The molecule has 0 fully saturated rings. The van der Waals surface area contributed by atoms with Crippen molar-refractivity contribution in [1.82, 2.24) is 0 Å². The van der Waals surface area contributed by atoms with Crippen molar-refractivity contribution in [3.63, 3.8) is 0 Å². The second-order valence-electron chi connectivity index (χ2n) is 33.5. The molecule has 14 aromatic rings. The number of hydrogen-bond donors (Lipinski definition) is 0. The van der Waals surface area contributed by atoms with Crippen LogP contribution in [0, 0.1) is 194 Å². The van der Waals surface area contributed by atoms with Gasteiger partial charge in [-0.2, -0.15) is 32.0 Å². The summed E-state index contributed by atoms with van der Waals surface area (Å²) in [7, 11) is 14.5. The highest BCUT2D eigenvalue weighted by molar-refractivity contribution is 5.71. The van der Waals surface area contributed by atoms with E-state index in [2.05, 4.69) is 399 Å². The monoisotopic (exact) mass is 1590 g/mol. The van der Waals surface area contributed by atoms with Gasteiger partial charge in [-0.05, 0) is 278 Å². The smallest absolute Gasteiger partial charge is 0.199 e. The molecule has 0 spiro atoms. The summed E-state index contributed by atoms with van der Waals surface area (Å²) in [5.41, 5.74) is 51.5. The van der Waals surface area contributed by atoms with Gasteiger partial charge < -0.3 is 0 Å². The number of pyridine rings is 7. The summed E-state index contributed by atoms with van der Waals surface area (Å²) in [5.74, 6) is 0. The van der Waals surface area contributed by atoms with Crippen LogP contribution in [0.2, 0.25) is 0 Å². The van der Waals surface area contributed by atoms with Crippen LogP contribution in [0.25, 0.3) is 78.8 Å². The van der Waals surface area contributed by atoms with Crippen molar-refractivity contribution in [2.45, 2.75) is 194 Å². The Labute approximate surface area is 726 Å². The average molecular weight is 1590 g/mol. The van der Waals surface area contributed by atoms with Gasteiger partial charge in [0.2, 0.25) is 39.9 Å². The molecular weight excluding hydrogens is 1440 g/mol. The van der Waals surface area contributed by atoms with E-state index in [-0.39, 0.29) is 0 Å². The molecule has 7 heteroatoms. The fourth-order valence-electron chi connectivity index (χ4n) is 15.9. The number of aryl methyl sites for hydroxylation is 26. The molecule has 7 aromatic heterocycles. The largest absolute Gasteiger partial charge is 0.215 e. The third kappa shape index (κ3) is 22.3. The van der Waals surface area contributed by atoms with Crippen molar-refractivity contribution in [2.24, 2.45) is 49.3 Å². The van der Waals surface area contributed by atoms with E-state index >= 15 is 0 Å². The Balaban J connectivity index is 0.000000181. The first kappa shape index (κ1) is 84.1. The fourth-order valence-corrected chi connectivity index (χ4v) is 15.9. The summed E-state index contributed by atoms with van der Waals surface area (Å²) >= 11 is 0. The van der Waals surface area contributed by atoms with Crippen molar-refractivity contribution in [3.05, 3.63) is 369 Å². The third-order valence-electron chi connectivity index (χ3n) is 24.2. The van der Waals surface area contributed by atoms with Crippen molar-refractivity contribution < 1.29 is 40.2 Å². The zero-order valence-electron chi connectivity index (χ0n) is 84.3. The molecule has 0 bridgehead atoms. The van der Waals surface area contributed by atoms with Gasteiger partial charge in [-0.15, -0.1) is 0 Å². The minimum atomic E-state index is -2.10. The summed E-state index contributed by atoms with van der Waals surface area (Å²) in [6.07, 6.45) is 0. The van der Waals surface area contributed by atoms with Crippen LogP contribution >= 0.6 is 0 Å². The highest BCUT2D eigenvalue weighted by Gasteiger charge is 2.25. The molecule has 0 radical (unpaired) electrons. The van der Waals surface area contributed by atoms with Crippen molar-refractivity contribution in [3.8, 4) is 78.8 Å². The van der Waals surface area contributed by atoms with Crippen LogP contribution in [0.15, 0.2) is 212 Å². The second-order valence-corrected chi connectivity index (χ2v) is 33.5. The molecule has 0 unspecified atom stereocenters. The first-order valence-electron chi connectivity index (χ1n) is 44.8. The number of hydrogen-bond acceptors (Lipinski definition) is 0. The van der Waals surface area contributed by atoms with E-state index in [0.29, 0.717) is 11.3 Å². The predicted octanol–water partition coefficient (Wildman–Crippen LogP) is 23.9. The lowest BCUT2D eigenvalue weighted by Gasteiger charge is -2.11. The minimum absolute atomic E-state index is 0.369. The Morgan fingerprint density at radius 2 is 0.462 bits per heavy atom. The zero-order chi connectivity index (χ0) is 93.0. The molecule has 0 saturated carbocycles. The molecule has 0 aliphatic rings. The number of rotatable bonds is 7. The van der Waals surface area contributed by atoms with Gasteiger partial charge in [0.15, 0.2) is 39.9 Å². The maximum absolute atomic E-state index is 7.68. The van der Waals surface area contributed by atoms with Gasteiger partial charge in [0.25, 0.3) is 0 Å². The highest BCUT2D eigenvalue weighted by Crippen LogP contribution is 2.33. The standard InChI is InChI=1S/7C16H20N/c1-11-6-9-15(13(3)10-11)16-12(2)7-8-14(4)17(16)5;2*1-11-6-7-12(2)15(10-11)16-13(3)8-9-14(4)17(16)5;2*1-11-9-13(3)17(5)16(10-11)15-8-6-7-12(2)14(15)4;2*1-11-7-6-8-12(2)15(11)16-13(3)9-10-14(4)17(16)5/h7*6-10H,1-5H3/q7*+1/i1D3;;;3D3;;;. The normalized spacial score (nSPS) is 11.6. The number of benzene rings is 7. The van der Waals surface area contributed by atoms with Gasteiger partial charge in [0.1, 0.15) is 49.3 Å². The zero-order valence-corrected chi connectivity index (χ0v) is 78.3. The second kappa shape index (κ2) is 40.8. The molecule has 0 amide bonds. The first-order chi connectivity index (χ1) is 58.5. The van der Waals surface area contributed by atoms with E-state index in [9.17, 15) is 0 Å². The lowest BCUT2D eigenvalue weighted by molar-refractivity contribution is -0.667. The van der Waals surface area contributed by atoms with E-state index in [1.807, 2.05) is 52.2 Å². The van der Waals surface area contributed by atoms with E-state index in [1.165, 1.54) is 191 Å². The van der Waals surface area contributed by atoms with Crippen LogP contribution in [0.5, 0.6) is 0 Å². The summed E-state index contributed by atoms with van der Waals surface area (Å²) < 4.78 is 60.8. The van der Waals surface area contributed by atoms with Gasteiger partial charge in [0, 0.05) is 167 Å². The van der Waals surface area contributed by atoms with Gasteiger partial charge in [0.05, 0.1) is 11.1 Å². The van der Waals surface area contributed by atoms with Gasteiger partial charge >= 0.3 is 0 Å². The topological polar surface area (TPSA) is 27.2 Å². The summed E-state index contributed by atoms with van der Waals surface area (Å²) in [4.78, 5) is 0. The van der Waals surface area contributed by atoms with E-state index in [4.69, 9.17) is 8.22 Å². The summed E-state index contributed by atoms with van der Waals surface area (Å²) in [5, 5.41) is 0. The summed E-state index contributed by atoms with van der Waals surface area (Å²) in [6.45, 7) is 51.4. The van der Waals surface area contributed by atoms with Gasteiger partial charge in [-0.1, -0.05) is 114 Å². The number of aromatic nitrogens is 7. The third-order valence-corrected chi connectivity index (χ3v) is 24.2. The van der Waals surface area contributed by atoms with Gasteiger partial charge in [-0.3, -0.25) is 0 Å². The Hall–Kier alpha value is -11.4. The lowest BCUT2D eigenvalue weighted by Crippen LogP contribution is -2.35. The number of nitrogens with zero attached hydrogens (tertiary/aromatic N) is 7. The highest BCUT2D eigenvalue weighted by atomic mass is 15.0.